The molecule has 0 spiro atoms. The molecule has 1 aliphatic heterocycles. The van der Waals surface area contributed by atoms with Crippen LogP contribution in [0.25, 0.3) is 0 Å². The maximum atomic E-state index is 14.0. The predicted octanol–water partition coefficient (Wildman–Crippen LogP) is 1.23. The van der Waals surface area contributed by atoms with Gasteiger partial charge in [-0.3, -0.25) is 29.3 Å². The Kier molecular flexibility index (Phi) is 13.3. The van der Waals surface area contributed by atoms with Crippen LogP contribution in [0.15, 0.2) is 66.7 Å². The molecular weight excluding hydrogens is 726 g/mol. The van der Waals surface area contributed by atoms with Gasteiger partial charge in [-0.1, -0.05) is 42.5 Å². The van der Waals surface area contributed by atoms with Crippen LogP contribution in [-0.2, 0) is 23.9 Å². The molecule has 4 amide bonds. The molecule has 0 aliphatic carbocycles. The highest BCUT2D eigenvalue weighted by Crippen LogP contribution is 2.39. The van der Waals surface area contributed by atoms with Crippen molar-refractivity contribution in [3.63, 3.8) is 0 Å². The van der Waals surface area contributed by atoms with Gasteiger partial charge in [-0.15, -0.1) is 11.8 Å². The highest BCUT2D eigenvalue weighted by Gasteiger charge is 2.50. The SMILES string of the molecule is COC(=O)C(NC(=O)C(NC(=O)[C@H](CCCNC(=O)c1cccc(O)c1O)NC(=O)c1cccc(O)c1O)c1ccccc1)C1NC(C(=O)O)C(C)(C)S1. The summed E-state index contributed by atoms with van der Waals surface area (Å²) < 4.78 is 4.04. The van der Waals surface area contributed by atoms with Gasteiger partial charge < -0.3 is 51.5 Å². The van der Waals surface area contributed by atoms with Crippen LogP contribution >= 0.6 is 11.8 Å². The van der Waals surface area contributed by atoms with E-state index in [-0.39, 0.29) is 36.1 Å². The Morgan fingerprint density at radius 3 is 1.94 bits per heavy atom. The van der Waals surface area contributed by atoms with Crippen LogP contribution in [0.2, 0.25) is 0 Å². The molecule has 1 heterocycles. The first-order valence-corrected chi connectivity index (χ1v) is 17.4. The number of methoxy groups -OCH3 is 1. The van der Waals surface area contributed by atoms with Crippen LogP contribution in [0.1, 0.15) is 59.0 Å². The van der Waals surface area contributed by atoms with Crippen molar-refractivity contribution in [1.29, 1.82) is 0 Å². The number of benzene rings is 3. The number of ether oxygens (including phenoxy) is 1. The number of para-hydroxylation sites is 2. The monoisotopic (exact) mass is 767 g/mol. The van der Waals surface area contributed by atoms with Crippen molar-refractivity contribution in [2.75, 3.05) is 13.7 Å². The number of carbonyl (C=O) groups excluding carboxylic acids is 5. The van der Waals surface area contributed by atoms with E-state index in [1.54, 1.807) is 32.0 Å². The highest BCUT2D eigenvalue weighted by molar-refractivity contribution is 8.01. The summed E-state index contributed by atoms with van der Waals surface area (Å²) in [5, 5.41) is 61.9. The predicted molar refractivity (Wildman–Crippen MR) is 194 cm³/mol. The van der Waals surface area contributed by atoms with Gasteiger partial charge in [0, 0.05) is 11.3 Å². The fourth-order valence-corrected chi connectivity index (χ4v) is 7.15. The standard InChI is InChI=1S/C36H41N5O12S/c1-36(2)28(34(50)51)41-33(54-36)25(35(52)53-3)40-32(49)24(18-10-5-4-6-11-18)39-31(48)21(38-30(47)20-13-8-16-23(43)27(20)45)14-9-17-37-29(46)19-12-7-15-22(42)26(19)44/h4-8,10-13,15-16,21,24-25,28,33,41-45H,9,14,17H2,1-3H3,(H,37,46)(H,38,47)(H,39,48)(H,40,49)(H,50,51)/t21-,24?,25?,28?,33?/m0/s1. The number of phenolic OH excluding ortho intramolecular Hbond substituents is 4. The number of amides is 4. The number of carbonyl (C=O) groups is 6. The first-order chi connectivity index (χ1) is 25.5. The Labute approximate surface area is 313 Å². The van der Waals surface area contributed by atoms with Crippen molar-refractivity contribution >= 4 is 47.3 Å². The van der Waals surface area contributed by atoms with Gasteiger partial charge in [-0.25, -0.2) is 4.79 Å². The second-order valence-electron chi connectivity index (χ2n) is 12.7. The van der Waals surface area contributed by atoms with E-state index < -0.39 is 92.9 Å². The van der Waals surface area contributed by atoms with Gasteiger partial charge in [-0.2, -0.15) is 0 Å². The number of carboxylic acids is 1. The fourth-order valence-electron chi connectivity index (χ4n) is 5.67. The topological polar surface area (TPSA) is 273 Å². The van der Waals surface area contributed by atoms with Crippen LogP contribution in [0, 0.1) is 0 Å². The molecule has 3 aromatic carbocycles. The number of aromatic hydroxyl groups is 4. The van der Waals surface area contributed by atoms with Gasteiger partial charge in [0.1, 0.15) is 18.1 Å². The molecule has 4 rings (SSSR count). The van der Waals surface area contributed by atoms with Gasteiger partial charge >= 0.3 is 11.9 Å². The Hall–Kier alpha value is -6.01. The normalized spacial score (nSPS) is 17.6. The average Bonchev–Trinajstić information content (AvgIpc) is 3.47. The molecular formula is C36H41N5O12S. The first kappa shape index (κ1) is 40.8. The van der Waals surface area contributed by atoms with Crippen molar-refractivity contribution in [1.82, 2.24) is 26.6 Å². The lowest BCUT2D eigenvalue weighted by atomic mass is 10.0. The lowest BCUT2D eigenvalue weighted by Crippen LogP contribution is -2.57. The van der Waals surface area contributed by atoms with E-state index >= 15 is 0 Å². The number of hydrogen-bond donors (Lipinski definition) is 10. The summed E-state index contributed by atoms with van der Waals surface area (Å²) in [6.45, 7) is 3.26. The molecule has 54 heavy (non-hydrogen) atoms. The third-order valence-electron chi connectivity index (χ3n) is 8.54. The van der Waals surface area contributed by atoms with Crippen LogP contribution in [0.5, 0.6) is 23.0 Å². The van der Waals surface area contributed by atoms with Crippen molar-refractivity contribution in [3.05, 3.63) is 83.4 Å². The minimum atomic E-state index is -1.47. The molecule has 0 aromatic heterocycles. The van der Waals surface area contributed by atoms with E-state index in [1.165, 1.54) is 42.5 Å². The van der Waals surface area contributed by atoms with Crippen molar-refractivity contribution in [3.8, 4) is 23.0 Å². The fraction of sp³-hybridized carbons (Fsp3) is 0.333. The molecule has 288 valence electrons. The first-order valence-electron chi connectivity index (χ1n) is 16.6. The van der Waals surface area contributed by atoms with Gasteiger partial charge in [0.2, 0.25) is 11.8 Å². The number of phenols is 4. The minimum absolute atomic E-state index is 0.0490. The molecule has 0 bridgehead atoms. The summed E-state index contributed by atoms with van der Waals surface area (Å²) in [6, 6.07) is 10.1. The number of nitrogens with one attached hydrogen (secondary N) is 5. The van der Waals surface area contributed by atoms with Gasteiger partial charge in [-0.05, 0) is 56.5 Å². The molecule has 3 aromatic rings. The highest BCUT2D eigenvalue weighted by atomic mass is 32.2. The largest absolute Gasteiger partial charge is 0.504 e. The Bertz CT molecular complexity index is 1890. The molecule has 0 saturated carbocycles. The van der Waals surface area contributed by atoms with Crippen LogP contribution in [0.4, 0.5) is 0 Å². The van der Waals surface area contributed by atoms with Crippen molar-refractivity contribution in [2.45, 2.75) is 61.0 Å². The molecule has 1 aliphatic rings. The number of esters is 1. The number of thioether (sulfide) groups is 1. The van der Waals surface area contributed by atoms with E-state index in [4.69, 9.17) is 4.74 Å². The second-order valence-corrected chi connectivity index (χ2v) is 14.5. The Morgan fingerprint density at radius 2 is 1.39 bits per heavy atom. The number of carboxylic acid groups (broad SMARTS) is 1. The molecule has 18 heteroatoms. The molecule has 5 atom stereocenters. The van der Waals surface area contributed by atoms with Crippen LogP contribution in [0.3, 0.4) is 0 Å². The second kappa shape index (κ2) is 17.7. The maximum Gasteiger partial charge on any atom is 0.330 e. The Morgan fingerprint density at radius 1 is 0.796 bits per heavy atom. The minimum Gasteiger partial charge on any atom is -0.504 e. The van der Waals surface area contributed by atoms with E-state index in [2.05, 4.69) is 26.6 Å². The third kappa shape index (κ3) is 9.69. The van der Waals surface area contributed by atoms with E-state index in [1.807, 2.05) is 0 Å². The number of aliphatic carboxylic acids is 1. The molecule has 17 nitrogen and oxygen atoms in total. The Balaban J connectivity index is 1.58. The smallest absolute Gasteiger partial charge is 0.330 e. The van der Waals surface area contributed by atoms with Crippen LogP contribution in [-0.4, -0.2) is 103 Å². The average molecular weight is 768 g/mol. The number of rotatable bonds is 15. The zero-order valence-electron chi connectivity index (χ0n) is 29.4. The van der Waals surface area contributed by atoms with Crippen LogP contribution < -0.4 is 26.6 Å². The zero-order valence-corrected chi connectivity index (χ0v) is 30.2. The lowest BCUT2D eigenvalue weighted by molar-refractivity contribution is -0.146. The summed E-state index contributed by atoms with van der Waals surface area (Å²) in [5.41, 5.74) is -0.285. The summed E-state index contributed by atoms with van der Waals surface area (Å²) in [7, 11) is 1.10. The van der Waals surface area contributed by atoms with E-state index in [0.29, 0.717) is 0 Å². The molecule has 1 saturated heterocycles. The summed E-state index contributed by atoms with van der Waals surface area (Å²) in [4.78, 5) is 78.8. The molecule has 10 N–H and O–H groups in total. The van der Waals surface area contributed by atoms with E-state index in [0.717, 1.165) is 24.9 Å². The summed E-state index contributed by atoms with van der Waals surface area (Å²) in [6.07, 6.45) is -0.0981. The summed E-state index contributed by atoms with van der Waals surface area (Å²) in [5.74, 6) is -7.96. The zero-order chi connectivity index (χ0) is 39.7. The lowest BCUT2D eigenvalue weighted by Gasteiger charge is -2.27. The van der Waals surface area contributed by atoms with Crippen molar-refractivity contribution < 1.29 is 59.0 Å². The van der Waals surface area contributed by atoms with Gasteiger partial charge in [0.25, 0.3) is 11.8 Å². The number of hydrogen-bond acceptors (Lipinski definition) is 13. The quantitative estimate of drug-likeness (QED) is 0.0592. The molecule has 4 unspecified atom stereocenters. The van der Waals surface area contributed by atoms with E-state index in [9.17, 15) is 54.3 Å². The molecule has 0 radical (unpaired) electrons. The third-order valence-corrected chi connectivity index (χ3v) is 10.0. The molecule has 1 fully saturated rings. The van der Waals surface area contributed by atoms with Crippen molar-refractivity contribution in [2.24, 2.45) is 0 Å². The maximum absolute atomic E-state index is 14.0. The van der Waals surface area contributed by atoms with Gasteiger partial charge in [0.15, 0.2) is 29.0 Å². The summed E-state index contributed by atoms with van der Waals surface area (Å²) >= 11 is 1.11. The van der Waals surface area contributed by atoms with Gasteiger partial charge in [0.05, 0.1) is 23.6 Å².